The molecule has 2 rings (SSSR count). The zero-order valence-electron chi connectivity index (χ0n) is 9.77. The summed E-state index contributed by atoms with van der Waals surface area (Å²) in [4.78, 5) is 0. The van der Waals surface area contributed by atoms with Crippen LogP contribution in [-0.4, -0.2) is 25.0 Å². The van der Waals surface area contributed by atoms with Crippen molar-refractivity contribution in [2.24, 2.45) is 0 Å². The highest BCUT2D eigenvalue weighted by atomic mass is 79.9. The molecule has 1 heterocycles. The summed E-state index contributed by atoms with van der Waals surface area (Å²) in [6.45, 7) is 2.34. The van der Waals surface area contributed by atoms with Crippen LogP contribution in [0.1, 0.15) is 31.4 Å². The van der Waals surface area contributed by atoms with E-state index >= 15 is 0 Å². The van der Waals surface area contributed by atoms with Crippen LogP contribution in [0.3, 0.4) is 0 Å². The van der Waals surface area contributed by atoms with Gasteiger partial charge in [-0.25, -0.2) is 8.42 Å². The SMILES string of the molecule is CCS(=O)(=O)N1CCC[C@H]1c1ccccc1Br. The lowest BCUT2D eigenvalue weighted by Crippen LogP contribution is -2.32. The number of sulfonamides is 1. The largest absolute Gasteiger partial charge is 0.214 e. The van der Waals surface area contributed by atoms with Crippen LogP contribution in [-0.2, 0) is 10.0 Å². The lowest BCUT2D eigenvalue weighted by atomic mass is 10.1. The van der Waals surface area contributed by atoms with E-state index in [0.29, 0.717) is 6.54 Å². The Balaban J connectivity index is 2.36. The second kappa shape index (κ2) is 5.08. The van der Waals surface area contributed by atoms with Gasteiger partial charge in [-0.05, 0) is 31.4 Å². The van der Waals surface area contributed by atoms with E-state index < -0.39 is 10.0 Å². The van der Waals surface area contributed by atoms with Crippen molar-refractivity contribution in [1.29, 1.82) is 0 Å². The number of nitrogens with zero attached hydrogens (tertiary/aromatic N) is 1. The Kier molecular flexibility index (Phi) is 3.90. The Morgan fingerprint density at radius 3 is 2.76 bits per heavy atom. The topological polar surface area (TPSA) is 37.4 Å². The molecular weight excluding hydrogens is 302 g/mol. The Hall–Kier alpha value is -0.390. The minimum Gasteiger partial charge on any atom is -0.212 e. The molecule has 0 spiro atoms. The summed E-state index contributed by atoms with van der Waals surface area (Å²) in [7, 11) is -3.10. The van der Waals surface area contributed by atoms with Gasteiger partial charge >= 0.3 is 0 Å². The van der Waals surface area contributed by atoms with E-state index in [0.717, 1.165) is 22.9 Å². The third-order valence-electron chi connectivity index (χ3n) is 3.19. The third kappa shape index (κ3) is 2.56. The second-order valence-electron chi connectivity index (χ2n) is 4.19. The number of hydrogen-bond acceptors (Lipinski definition) is 2. The van der Waals surface area contributed by atoms with Crippen LogP contribution < -0.4 is 0 Å². The molecule has 1 atom stereocenters. The number of rotatable bonds is 3. The predicted octanol–water partition coefficient (Wildman–Crippen LogP) is 2.94. The zero-order valence-corrected chi connectivity index (χ0v) is 12.2. The quantitative estimate of drug-likeness (QED) is 0.859. The molecule has 17 heavy (non-hydrogen) atoms. The van der Waals surface area contributed by atoms with Gasteiger partial charge in [0.25, 0.3) is 0 Å². The fourth-order valence-electron chi connectivity index (χ4n) is 2.30. The van der Waals surface area contributed by atoms with Gasteiger partial charge in [0.05, 0.1) is 11.8 Å². The van der Waals surface area contributed by atoms with Crippen LogP contribution in [0.4, 0.5) is 0 Å². The Labute approximate surface area is 111 Å². The lowest BCUT2D eigenvalue weighted by molar-refractivity contribution is 0.396. The maximum atomic E-state index is 12.0. The molecule has 0 amide bonds. The molecule has 94 valence electrons. The molecule has 3 nitrogen and oxygen atoms in total. The van der Waals surface area contributed by atoms with Crippen molar-refractivity contribution in [3.05, 3.63) is 34.3 Å². The van der Waals surface area contributed by atoms with Crippen molar-refractivity contribution in [2.75, 3.05) is 12.3 Å². The van der Waals surface area contributed by atoms with Crippen LogP contribution in [0.15, 0.2) is 28.7 Å². The van der Waals surface area contributed by atoms with E-state index in [1.54, 1.807) is 11.2 Å². The van der Waals surface area contributed by atoms with Gasteiger partial charge in [-0.2, -0.15) is 4.31 Å². The highest BCUT2D eigenvalue weighted by Crippen LogP contribution is 2.37. The minimum absolute atomic E-state index is 0.00414. The molecule has 0 bridgehead atoms. The molecule has 0 N–H and O–H groups in total. The van der Waals surface area contributed by atoms with Gasteiger partial charge in [0, 0.05) is 11.0 Å². The first-order valence-electron chi connectivity index (χ1n) is 5.80. The smallest absolute Gasteiger partial charge is 0.212 e. The molecule has 0 aliphatic carbocycles. The van der Waals surface area contributed by atoms with Crippen molar-refractivity contribution in [2.45, 2.75) is 25.8 Å². The molecule has 0 aromatic heterocycles. The molecular formula is C12H16BrNO2S. The number of benzene rings is 1. The van der Waals surface area contributed by atoms with Gasteiger partial charge in [0.15, 0.2) is 0 Å². The van der Waals surface area contributed by atoms with E-state index in [1.807, 2.05) is 24.3 Å². The first kappa shape index (κ1) is 13.1. The summed E-state index contributed by atoms with van der Waals surface area (Å²) in [5.74, 6) is 0.175. The van der Waals surface area contributed by atoms with E-state index in [1.165, 1.54) is 0 Å². The average molecular weight is 318 g/mol. The van der Waals surface area contributed by atoms with Crippen LogP contribution in [0.5, 0.6) is 0 Å². The Bertz CT molecular complexity index is 501. The fraction of sp³-hybridized carbons (Fsp3) is 0.500. The normalized spacial score (nSPS) is 21.9. The Morgan fingerprint density at radius 2 is 2.12 bits per heavy atom. The van der Waals surface area contributed by atoms with Crippen LogP contribution >= 0.6 is 15.9 Å². The summed E-state index contributed by atoms with van der Waals surface area (Å²) in [5, 5.41) is 0. The van der Waals surface area contributed by atoms with Crippen LogP contribution in [0, 0.1) is 0 Å². The first-order valence-corrected chi connectivity index (χ1v) is 8.20. The average Bonchev–Trinajstić information content (AvgIpc) is 2.79. The van der Waals surface area contributed by atoms with Crippen molar-refractivity contribution in [1.82, 2.24) is 4.31 Å². The summed E-state index contributed by atoms with van der Waals surface area (Å²) in [6, 6.07) is 7.86. The maximum absolute atomic E-state index is 12.0. The predicted molar refractivity (Wildman–Crippen MR) is 72.3 cm³/mol. The van der Waals surface area contributed by atoms with Gasteiger partial charge in [-0.3, -0.25) is 0 Å². The van der Waals surface area contributed by atoms with Gasteiger partial charge in [0.1, 0.15) is 0 Å². The van der Waals surface area contributed by atoms with Crippen molar-refractivity contribution in [3.8, 4) is 0 Å². The molecule has 1 aliphatic heterocycles. The van der Waals surface area contributed by atoms with Crippen molar-refractivity contribution >= 4 is 26.0 Å². The molecule has 1 aromatic carbocycles. The fourth-order valence-corrected chi connectivity index (χ4v) is 4.19. The van der Waals surface area contributed by atoms with E-state index in [-0.39, 0.29) is 11.8 Å². The van der Waals surface area contributed by atoms with Gasteiger partial charge < -0.3 is 0 Å². The van der Waals surface area contributed by atoms with Gasteiger partial charge in [-0.15, -0.1) is 0 Å². The summed E-state index contributed by atoms with van der Waals surface area (Å²) < 4.78 is 26.6. The van der Waals surface area contributed by atoms with Gasteiger partial charge in [-0.1, -0.05) is 34.1 Å². The minimum atomic E-state index is -3.10. The standard InChI is InChI=1S/C12H16BrNO2S/c1-2-17(15,16)14-9-5-8-12(14)10-6-3-4-7-11(10)13/h3-4,6-7,12H,2,5,8-9H2,1H3/t12-/m0/s1. The zero-order chi connectivity index (χ0) is 12.5. The molecule has 5 heteroatoms. The molecule has 0 radical (unpaired) electrons. The summed E-state index contributed by atoms with van der Waals surface area (Å²) in [6.07, 6.45) is 1.84. The number of hydrogen-bond donors (Lipinski definition) is 0. The van der Waals surface area contributed by atoms with Crippen LogP contribution in [0.25, 0.3) is 0 Å². The molecule has 0 unspecified atom stereocenters. The molecule has 1 aliphatic rings. The van der Waals surface area contributed by atoms with E-state index in [2.05, 4.69) is 15.9 Å². The molecule has 1 saturated heterocycles. The van der Waals surface area contributed by atoms with Crippen molar-refractivity contribution < 1.29 is 8.42 Å². The van der Waals surface area contributed by atoms with Gasteiger partial charge in [0.2, 0.25) is 10.0 Å². The van der Waals surface area contributed by atoms with Crippen LogP contribution in [0.2, 0.25) is 0 Å². The van der Waals surface area contributed by atoms with E-state index in [4.69, 9.17) is 0 Å². The molecule has 1 aromatic rings. The summed E-state index contributed by atoms with van der Waals surface area (Å²) in [5.41, 5.74) is 1.07. The highest BCUT2D eigenvalue weighted by molar-refractivity contribution is 9.10. The van der Waals surface area contributed by atoms with Crippen molar-refractivity contribution in [3.63, 3.8) is 0 Å². The maximum Gasteiger partial charge on any atom is 0.214 e. The van der Waals surface area contributed by atoms with E-state index in [9.17, 15) is 8.42 Å². The molecule has 0 saturated carbocycles. The Morgan fingerprint density at radius 1 is 1.41 bits per heavy atom. The lowest BCUT2D eigenvalue weighted by Gasteiger charge is -2.24. The monoisotopic (exact) mass is 317 g/mol. The first-order chi connectivity index (χ1) is 8.06. The third-order valence-corrected chi connectivity index (χ3v) is 5.79. The molecule has 1 fully saturated rings. The highest BCUT2D eigenvalue weighted by Gasteiger charge is 2.34. The number of halogens is 1. The summed E-state index contributed by atoms with van der Waals surface area (Å²) >= 11 is 3.50. The second-order valence-corrected chi connectivity index (χ2v) is 7.26.